The molecule has 0 aliphatic carbocycles. The molecule has 0 saturated heterocycles. The van der Waals surface area contributed by atoms with Crippen LogP contribution in [0.2, 0.25) is 0 Å². The maximum absolute atomic E-state index is 2.62. The lowest BCUT2D eigenvalue weighted by molar-refractivity contribution is -0.672. The summed E-state index contributed by atoms with van der Waals surface area (Å²) in [5, 5.41) is 5.29. The zero-order valence-corrected chi connectivity index (χ0v) is 26.3. The van der Waals surface area contributed by atoms with Gasteiger partial charge in [-0.25, -0.2) is 0 Å². The van der Waals surface area contributed by atoms with Crippen LogP contribution in [-0.2, 0) is 0 Å². The predicted molar refractivity (Wildman–Crippen MR) is 189 cm³/mol. The predicted octanol–water partition coefficient (Wildman–Crippen LogP) is 11.5. The molecule has 216 valence electrons. The van der Waals surface area contributed by atoms with Crippen molar-refractivity contribution in [1.29, 1.82) is 0 Å². The van der Waals surface area contributed by atoms with Crippen molar-refractivity contribution in [3.05, 3.63) is 150 Å². The third-order valence-corrected chi connectivity index (χ3v) is 10.2. The molecule has 1 heteroatoms. The topological polar surface area (TPSA) is 3.88 Å². The lowest BCUT2D eigenvalue weighted by atomic mass is 9.88. The van der Waals surface area contributed by atoms with E-state index in [-0.39, 0.29) is 6.04 Å². The van der Waals surface area contributed by atoms with Gasteiger partial charge in [0.25, 0.3) is 0 Å². The van der Waals surface area contributed by atoms with Crippen molar-refractivity contribution < 1.29 is 4.57 Å². The van der Waals surface area contributed by atoms with E-state index in [0.717, 1.165) is 0 Å². The van der Waals surface area contributed by atoms with Crippen molar-refractivity contribution in [1.82, 2.24) is 0 Å². The molecule has 9 rings (SSSR count). The monoisotopic (exact) mass is 578 g/mol. The first-order valence-corrected chi connectivity index (χ1v) is 16.3. The Morgan fingerprint density at radius 3 is 1.47 bits per heavy atom. The number of nitrogens with zero attached hydrogens (tertiary/aromatic N) is 1. The fraction of sp³-hybridized carbons (Fsp3) is 0.159. The van der Waals surface area contributed by atoms with Crippen molar-refractivity contribution in [2.24, 2.45) is 0 Å². The van der Waals surface area contributed by atoms with Crippen LogP contribution in [0, 0.1) is 0 Å². The molecule has 0 unspecified atom stereocenters. The van der Waals surface area contributed by atoms with Crippen LogP contribution in [0.4, 0.5) is 0 Å². The van der Waals surface area contributed by atoms with E-state index < -0.39 is 0 Å². The molecule has 45 heavy (non-hydrogen) atoms. The fourth-order valence-electron chi connectivity index (χ4n) is 7.70. The Morgan fingerprint density at radius 1 is 0.422 bits per heavy atom. The third kappa shape index (κ3) is 4.03. The largest absolute Gasteiger partial charge is 0.215 e. The summed E-state index contributed by atoms with van der Waals surface area (Å²) < 4.78 is 2.62. The second-order valence-corrected chi connectivity index (χ2v) is 13.6. The van der Waals surface area contributed by atoms with Crippen LogP contribution in [0.15, 0.2) is 127 Å². The van der Waals surface area contributed by atoms with E-state index in [1.165, 1.54) is 88.6 Å². The maximum Gasteiger partial charge on any atom is 0.215 e. The van der Waals surface area contributed by atoms with Crippen molar-refractivity contribution in [2.45, 2.75) is 45.6 Å². The average molecular weight is 579 g/mol. The van der Waals surface area contributed by atoms with E-state index >= 15 is 0 Å². The summed E-state index contributed by atoms with van der Waals surface area (Å²) in [6.07, 6.45) is 0. The first kappa shape index (κ1) is 26.4. The van der Waals surface area contributed by atoms with Gasteiger partial charge in [-0.3, -0.25) is 0 Å². The van der Waals surface area contributed by atoms with Crippen LogP contribution < -0.4 is 4.57 Å². The lowest BCUT2D eigenvalue weighted by Crippen LogP contribution is -2.36. The van der Waals surface area contributed by atoms with Gasteiger partial charge in [0.05, 0.1) is 11.1 Å². The summed E-state index contributed by atoms with van der Waals surface area (Å²) in [5.41, 5.74) is 15.9. The Labute approximate surface area is 265 Å². The zero-order chi connectivity index (χ0) is 30.4. The molecule has 3 heterocycles. The van der Waals surface area contributed by atoms with E-state index in [1.807, 2.05) is 0 Å². The Balaban J connectivity index is 1.31. The van der Waals surface area contributed by atoms with Crippen LogP contribution in [0.1, 0.15) is 67.8 Å². The summed E-state index contributed by atoms with van der Waals surface area (Å²) in [5.74, 6) is 1.00. The number of rotatable bonds is 4. The highest BCUT2D eigenvalue weighted by atomic mass is 15.1. The molecule has 0 atom stereocenters. The molecule has 1 aromatic heterocycles. The molecule has 2 aliphatic rings. The summed E-state index contributed by atoms with van der Waals surface area (Å²) >= 11 is 0. The van der Waals surface area contributed by atoms with Gasteiger partial charge in [0, 0.05) is 23.3 Å². The van der Waals surface area contributed by atoms with E-state index in [1.54, 1.807) is 0 Å². The van der Waals surface area contributed by atoms with Crippen LogP contribution in [-0.4, -0.2) is 0 Å². The molecule has 0 saturated carbocycles. The molecule has 1 nitrogen and oxygen atoms in total. The standard InChI is InChI=1S/C44H36N/c1-26(2)29-13-15-33-20-40-38(22-35(33)17-29)42-24-37(32-12-8-11-31(19-32)28-9-6-5-7-10-28)25-43-39-23-36-18-30(27(3)4)14-16-34(36)21-41(39)44(40)45(42)43/h5-27,44H,1-4H3/q+1. The van der Waals surface area contributed by atoms with E-state index in [2.05, 4.69) is 160 Å². The first-order valence-electron chi connectivity index (χ1n) is 16.3. The van der Waals surface area contributed by atoms with Gasteiger partial charge < -0.3 is 0 Å². The van der Waals surface area contributed by atoms with Crippen LogP contribution >= 0.6 is 0 Å². The number of hydrogen-bond donors (Lipinski definition) is 0. The average Bonchev–Trinajstić information content (AvgIpc) is 3.56. The highest BCUT2D eigenvalue weighted by molar-refractivity contribution is 5.95. The molecule has 0 amide bonds. The third-order valence-electron chi connectivity index (χ3n) is 10.2. The van der Waals surface area contributed by atoms with Gasteiger partial charge >= 0.3 is 0 Å². The zero-order valence-electron chi connectivity index (χ0n) is 26.3. The van der Waals surface area contributed by atoms with Crippen molar-refractivity contribution in [3.63, 3.8) is 0 Å². The summed E-state index contributed by atoms with van der Waals surface area (Å²) in [4.78, 5) is 0. The second kappa shape index (κ2) is 9.74. The summed E-state index contributed by atoms with van der Waals surface area (Å²) in [6.45, 7) is 9.12. The molecule has 6 aromatic carbocycles. The van der Waals surface area contributed by atoms with E-state index in [0.29, 0.717) is 11.8 Å². The van der Waals surface area contributed by atoms with Gasteiger partial charge in [-0.05, 0) is 97.1 Å². The number of pyridine rings is 1. The van der Waals surface area contributed by atoms with Crippen LogP contribution in [0.25, 0.3) is 66.3 Å². The Hall–Kier alpha value is -5.01. The van der Waals surface area contributed by atoms with Gasteiger partial charge in [-0.2, -0.15) is 4.57 Å². The first-order chi connectivity index (χ1) is 21.9. The maximum atomic E-state index is 2.62. The molecular formula is C44H36N+. The normalized spacial score (nSPS) is 13.2. The van der Waals surface area contributed by atoms with Crippen molar-refractivity contribution in [3.8, 4) is 44.8 Å². The summed E-state index contributed by atoms with van der Waals surface area (Å²) in [7, 11) is 0. The SMILES string of the molecule is CC(C)c1ccc2cc3c(cc2c1)-c1cc(-c2cccc(-c4ccccc4)c2)cc2[n+]1C3c1cc3ccc(C(C)C)cc3cc1-2. The quantitative estimate of drug-likeness (QED) is 0.183. The van der Waals surface area contributed by atoms with Crippen LogP contribution in [0.3, 0.4) is 0 Å². The van der Waals surface area contributed by atoms with Crippen LogP contribution in [0.5, 0.6) is 0 Å². The molecule has 0 radical (unpaired) electrons. The molecule has 7 aromatic rings. The van der Waals surface area contributed by atoms with Gasteiger partial charge in [0.1, 0.15) is 0 Å². The molecule has 0 fully saturated rings. The van der Waals surface area contributed by atoms with Gasteiger partial charge in [-0.1, -0.05) is 113 Å². The minimum absolute atomic E-state index is 0.188. The minimum atomic E-state index is 0.188. The van der Waals surface area contributed by atoms with Crippen molar-refractivity contribution in [2.75, 3.05) is 0 Å². The second-order valence-electron chi connectivity index (χ2n) is 13.6. The molecule has 2 aliphatic heterocycles. The lowest BCUT2D eigenvalue weighted by Gasteiger charge is -2.11. The van der Waals surface area contributed by atoms with Gasteiger partial charge in [-0.15, -0.1) is 0 Å². The Morgan fingerprint density at radius 2 is 0.933 bits per heavy atom. The Kier molecular flexibility index (Phi) is 5.72. The minimum Gasteiger partial charge on any atom is -0.180 e. The number of fused-ring (bicyclic) bond motifs is 8. The van der Waals surface area contributed by atoms with Gasteiger partial charge in [0.2, 0.25) is 17.4 Å². The van der Waals surface area contributed by atoms with Gasteiger partial charge in [0.15, 0.2) is 0 Å². The molecular weight excluding hydrogens is 542 g/mol. The number of aromatic nitrogens is 1. The van der Waals surface area contributed by atoms with E-state index in [4.69, 9.17) is 0 Å². The highest BCUT2D eigenvalue weighted by Gasteiger charge is 2.47. The Bertz CT molecular complexity index is 2200. The molecule has 0 bridgehead atoms. The summed E-state index contributed by atoms with van der Waals surface area (Å²) in [6, 6.07) is 48.7. The molecule has 0 spiro atoms. The highest BCUT2D eigenvalue weighted by Crippen LogP contribution is 2.50. The van der Waals surface area contributed by atoms with Crippen molar-refractivity contribution >= 4 is 21.5 Å². The number of hydrogen-bond acceptors (Lipinski definition) is 0. The smallest absolute Gasteiger partial charge is 0.180 e. The fourth-order valence-corrected chi connectivity index (χ4v) is 7.70. The van der Waals surface area contributed by atoms with E-state index in [9.17, 15) is 0 Å². The molecule has 0 N–H and O–H groups in total. The number of benzene rings is 6.